The summed E-state index contributed by atoms with van der Waals surface area (Å²) in [6.07, 6.45) is 3.43. The van der Waals surface area contributed by atoms with Crippen LogP contribution in [0.15, 0.2) is 17.6 Å². The summed E-state index contributed by atoms with van der Waals surface area (Å²) in [6.45, 7) is 5.58. The second kappa shape index (κ2) is 4.91. The van der Waals surface area contributed by atoms with Gasteiger partial charge in [0.15, 0.2) is 0 Å². The molecule has 0 aromatic heterocycles. The lowest BCUT2D eigenvalue weighted by atomic mass is 10.1. The minimum atomic E-state index is 0.448. The average molecular weight is 138 g/mol. The molecule has 0 radical (unpaired) electrons. The summed E-state index contributed by atoms with van der Waals surface area (Å²) >= 11 is 0. The standard InChI is InChI=1S/C8H14N2/c1-4-6-8(10-3)7(9)5-2/h5,9H,2,4,6H2,1,3H3. The molecule has 0 aromatic rings. The highest BCUT2D eigenvalue weighted by Gasteiger charge is 1.98. The summed E-state index contributed by atoms with van der Waals surface area (Å²) in [5.74, 6) is 0. The van der Waals surface area contributed by atoms with E-state index in [4.69, 9.17) is 5.41 Å². The number of nitrogens with one attached hydrogen (secondary N) is 1. The molecule has 10 heavy (non-hydrogen) atoms. The molecular weight excluding hydrogens is 124 g/mol. The molecule has 0 fully saturated rings. The Morgan fingerprint density at radius 3 is 2.60 bits per heavy atom. The Labute approximate surface area is 62.2 Å². The number of hydrogen-bond donors (Lipinski definition) is 1. The first-order valence-corrected chi connectivity index (χ1v) is 3.43. The van der Waals surface area contributed by atoms with E-state index < -0.39 is 0 Å². The Balaban J connectivity index is 4.08. The average Bonchev–Trinajstić information content (AvgIpc) is 1.99. The van der Waals surface area contributed by atoms with Crippen LogP contribution in [0.1, 0.15) is 19.8 Å². The SMILES string of the molecule is C=CC(=N)C(CCC)=NC. The quantitative estimate of drug-likeness (QED) is 0.577. The third-order valence-corrected chi connectivity index (χ3v) is 1.27. The van der Waals surface area contributed by atoms with Crippen molar-refractivity contribution in [2.45, 2.75) is 19.8 Å². The largest absolute Gasteiger partial charge is 0.299 e. The van der Waals surface area contributed by atoms with Crippen LogP contribution in [0.3, 0.4) is 0 Å². The van der Waals surface area contributed by atoms with Crippen molar-refractivity contribution in [1.82, 2.24) is 0 Å². The van der Waals surface area contributed by atoms with Gasteiger partial charge >= 0.3 is 0 Å². The molecule has 0 atom stereocenters. The highest BCUT2D eigenvalue weighted by molar-refractivity contribution is 6.45. The molecule has 0 bridgehead atoms. The zero-order chi connectivity index (χ0) is 7.98. The van der Waals surface area contributed by atoms with Gasteiger partial charge in [0.05, 0.1) is 11.4 Å². The Kier molecular flexibility index (Phi) is 4.46. The number of rotatable bonds is 4. The predicted octanol–water partition coefficient (Wildman–Crippen LogP) is 2.06. The second-order valence-corrected chi connectivity index (χ2v) is 2.04. The molecule has 0 heterocycles. The lowest BCUT2D eigenvalue weighted by Gasteiger charge is -1.99. The van der Waals surface area contributed by atoms with Crippen LogP contribution in [0.25, 0.3) is 0 Å². The number of nitrogens with zero attached hydrogens (tertiary/aromatic N) is 1. The summed E-state index contributed by atoms with van der Waals surface area (Å²) in [7, 11) is 1.71. The van der Waals surface area contributed by atoms with Crippen LogP contribution < -0.4 is 0 Å². The Bertz CT molecular complexity index is 157. The lowest BCUT2D eigenvalue weighted by molar-refractivity contribution is 0.996. The van der Waals surface area contributed by atoms with Gasteiger partial charge in [-0.15, -0.1) is 0 Å². The van der Waals surface area contributed by atoms with Gasteiger partial charge in [-0.3, -0.25) is 10.4 Å². The monoisotopic (exact) mass is 138 g/mol. The minimum absolute atomic E-state index is 0.448. The maximum atomic E-state index is 7.35. The molecule has 1 N–H and O–H groups in total. The summed E-state index contributed by atoms with van der Waals surface area (Å²) in [6, 6.07) is 0. The molecule has 0 aliphatic carbocycles. The Morgan fingerprint density at radius 2 is 2.30 bits per heavy atom. The first-order valence-electron chi connectivity index (χ1n) is 3.43. The van der Waals surface area contributed by atoms with Crippen molar-refractivity contribution >= 4 is 11.4 Å². The Morgan fingerprint density at radius 1 is 1.70 bits per heavy atom. The van der Waals surface area contributed by atoms with Gasteiger partial charge in [-0.1, -0.05) is 19.9 Å². The Hall–Kier alpha value is -0.920. The zero-order valence-corrected chi connectivity index (χ0v) is 6.65. The first-order chi connectivity index (χ1) is 4.76. The third-order valence-electron chi connectivity index (χ3n) is 1.27. The molecule has 2 nitrogen and oxygen atoms in total. The van der Waals surface area contributed by atoms with Crippen molar-refractivity contribution < 1.29 is 0 Å². The minimum Gasteiger partial charge on any atom is -0.299 e. The maximum absolute atomic E-state index is 7.35. The lowest BCUT2D eigenvalue weighted by Crippen LogP contribution is -2.09. The fourth-order valence-electron chi connectivity index (χ4n) is 0.722. The van der Waals surface area contributed by atoms with E-state index in [1.54, 1.807) is 7.05 Å². The van der Waals surface area contributed by atoms with E-state index in [0.717, 1.165) is 18.6 Å². The van der Waals surface area contributed by atoms with Gasteiger partial charge in [-0.25, -0.2) is 0 Å². The molecule has 0 aliphatic heterocycles. The molecular formula is C8H14N2. The first kappa shape index (κ1) is 9.08. The smallest absolute Gasteiger partial charge is 0.0744 e. The van der Waals surface area contributed by atoms with E-state index in [-0.39, 0.29) is 0 Å². The number of allylic oxidation sites excluding steroid dienone is 1. The van der Waals surface area contributed by atoms with Gasteiger partial charge in [-0.2, -0.15) is 0 Å². The van der Waals surface area contributed by atoms with Crippen molar-refractivity contribution in [3.8, 4) is 0 Å². The van der Waals surface area contributed by atoms with Gasteiger partial charge in [0.2, 0.25) is 0 Å². The molecule has 0 unspecified atom stereocenters. The van der Waals surface area contributed by atoms with E-state index >= 15 is 0 Å². The molecule has 0 aliphatic rings. The van der Waals surface area contributed by atoms with Crippen molar-refractivity contribution in [3.05, 3.63) is 12.7 Å². The summed E-state index contributed by atoms with van der Waals surface area (Å²) < 4.78 is 0. The van der Waals surface area contributed by atoms with Crippen LogP contribution in [0.5, 0.6) is 0 Å². The highest BCUT2D eigenvalue weighted by Crippen LogP contribution is 1.94. The van der Waals surface area contributed by atoms with Crippen molar-refractivity contribution in [3.63, 3.8) is 0 Å². The molecule has 0 saturated carbocycles. The van der Waals surface area contributed by atoms with Crippen molar-refractivity contribution in [1.29, 1.82) is 5.41 Å². The molecule has 0 spiro atoms. The van der Waals surface area contributed by atoms with Crippen LogP contribution in [0.2, 0.25) is 0 Å². The maximum Gasteiger partial charge on any atom is 0.0744 e. The predicted molar refractivity (Wildman–Crippen MR) is 46.2 cm³/mol. The molecule has 56 valence electrons. The highest BCUT2D eigenvalue weighted by atomic mass is 14.7. The van der Waals surface area contributed by atoms with E-state index in [2.05, 4.69) is 18.5 Å². The molecule has 2 heteroatoms. The van der Waals surface area contributed by atoms with Gasteiger partial charge in [0.1, 0.15) is 0 Å². The van der Waals surface area contributed by atoms with E-state index in [1.807, 2.05) is 0 Å². The van der Waals surface area contributed by atoms with Gasteiger partial charge in [0, 0.05) is 7.05 Å². The molecule has 0 aromatic carbocycles. The molecule has 0 saturated heterocycles. The fourth-order valence-corrected chi connectivity index (χ4v) is 0.722. The summed E-state index contributed by atoms with van der Waals surface area (Å²) in [4.78, 5) is 3.97. The van der Waals surface area contributed by atoms with E-state index in [0.29, 0.717) is 5.71 Å². The molecule has 0 rings (SSSR count). The van der Waals surface area contributed by atoms with Gasteiger partial charge < -0.3 is 0 Å². The van der Waals surface area contributed by atoms with Crippen molar-refractivity contribution in [2.75, 3.05) is 7.05 Å². The van der Waals surface area contributed by atoms with Crippen LogP contribution >= 0.6 is 0 Å². The van der Waals surface area contributed by atoms with Crippen LogP contribution in [0.4, 0.5) is 0 Å². The van der Waals surface area contributed by atoms with Gasteiger partial charge in [-0.05, 0) is 12.5 Å². The van der Waals surface area contributed by atoms with Gasteiger partial charge in [0.25, 0.3) is 0 Å². The number of hydrogen-bond acceptors (Lipinski definition) is 2. The topological polar surface area (TPSA) is 36.2 Å². The van der Waals surface area contributed by atoms with Crippen molar-refractivity contribution in [2.24, 2.45) is 4.99 Å². The van der Waals surface area contributed by atoms with E-state index in [1.165, 1.54) is 6.08 Å². The summed E-state index contributed by atoms with van der Waals surface area (Å²) in [5.41, 5.74) is 1.29. The number of aliphatic imine (C=N–C) groups is 1. The molecule has 0 amide bonds. The van der Waals surface area contributed by atoms with Crippen LogP contribution in [-0.4, -0.2) is 18.5 Å². The van der Waals surface area contributed by atoms with Crippen LogP contribution in [0, 0.1) is 5.41 Å². The summed E-state index contributed by atoms with van der Waals surface area (Å²) in [5, 5.41) is 7.35. The van der Waals surface area contributed by atoms with Crippen LogP contribution in [-0.2, 0) is 0 Å². The fraction of sp³-hybridized carbons (Fsp3) is 0.500. The van der Waals surface area contributed by atoms with E-state index in [9.17, 15) is 0 Å². The normalized spacial score (nSPS) is 11.2. The zero-order valence-electron chi connectivity index (χ0n) is 6.65. The third kappa shape index (κ3) is 2.58. The second-order valence-electron chi connectivity index (χ2n) is 2.04.